The van der Waals surface area contributed by atoms with Crippen LogP contribution in [0, 0.1) is 0 Å². The molecule has 5 atom stereocenters. The topological polar surface area (TPSA) is 264 Å². The summed E-state index contributed by atoms with van der Waals surface area (Å²) in [5.74, 6) is -4.74. The molecule has 0 aromatic heterocycles. The van der Waals surface area contributed by atoms with Gasteiger partial charge in [-0.05, 0) is 37.7 Å². The van der Waals surface area contributed by atoms with Gasteiger partial charge in [0, 0.05) is 19.5 Å². The van der Waals surface area contributed by atoms with E-state index in [4.69, 9.17) is 17.2 Å². The minimum Gasteiger partial charge on any atom is -0.479 e. The van der Waals surface area contributed by atoms with E-state index in [1.165, 1.54) is 17.1 Å². The molecule has 2 aliphatic rings. The zero-order valence-electron chi connectivity index (χ0n) is 24.8. The minimum absolute atomic E-state index is 0.0130. The molecule has 1 aromatic carbocycles. The van der Waals surface area contributed by atoms with Gasteiger partial charge in [-0.3, -0.25) is 29.0 Å². The van der Waals surface area contributed by atoms with Gasteiger partial charge in [-0.2, -0.15) is 0 Å². The molecule has 0 aliphatic carbocycles. The van der Waals surface area contributed by atoms with E-state index in [9.17, 15) is 33.9 Å². The van der Waals surface area contributed by atoms with Gasteiger partial charge < -0.3 is 48.5 Å². The summed E-state index contributed by atoms with van der Waals surface area (Å²) in [6.07, 6.45) is 3.70. The number of guanidine groups is 1. The second-order valence-electron chi connectivity index (χ2n) is 10.8. The van der Waals surface area contributed by atoms with Crippen LogP contribution < -0.4 is 38.5 Å². The molecule has 0 bridgehead atoms. The van der Waals surface area contributed by atoms with Crippen molar-refractivity contribution in [3.05, 3.63) is 48.0 Å². The first kappa shape index (κ1) is 34.5. The molecule has 0 radical (unpaired) electrons. The van der Waals surface area contributed by atoms with Crippen molar-refractivity contribution in [1.29, 1.82) is 0 Å². The van der Waals surface area contributed by atoms with Crippen LogP contribution in [0.5, 0.6) is 0 Å². The number of nitrogens with zero attached hydrogens (tertiary/aromatic N) is 2. The van der Waals surface area contributed by atoms with Crippen LogP contribution in [-0.2, 0) is 35.2 Å². The van der Waals surface area contributed by atoms with E-state index in [0.29, 0.717) is 18.4 Å². The number of carboxylic acids is 1. The summed E-state index contributed by atoms with van der Waals surface area (Å²) < 4.78 is 0. The van der Waals surface area contributed by atoms with Crippen molar-refractivity contribution in [2.24, 2.45) is 22.2 Å². The molecule has 1 fully saturated rings. The largest absolute Gasteiger partial charge is 0.479 e. The normalized spacial score (nSPS) is 26.1. The maximum atomic E-state index is 13.7. The number of nitrogens with one attached hydrogen (secondary N) is 4. The molecule has 45 heavy (non-hydrogen) atoms. The lowest BCUT2D eigenvalue weighted by Gasteiger charge is -2.28. The van der Waals surface area contributed by atoms with Crippen molar-refractivity contribution >= 4 is 41.5 Å². The smallest absolute Gasteiger partial charge is 0.330 e. The monoisotopic (exact) mass is 627 g/mol. The van der Waals surface area contributed by atoms with Crippen LogP contribution in [0.1, 0.15) is 37.7 Å². The molecule has 1 aromatic rings. The maximum absolute atomic E-state index is 13.7. The molecule has 16 nitrogen and oxygen atoms in total. The Labute approximate surface area is 260 Å². The molecule has 2 heterocycles. The van der Waals surface area contributed by atoms with E-state index >= 15 is 0 Å². The number of aliphatic carboxylic acids is 1. The van der Waals surface area contributed by atoms with Crippen LogP contribution in [0.25, 0.3) is 0 Å². The number of nitrogens with two attached hydrogens (primary N) is 3. The van der Waals surface area contributed by atoms with Gasteiger partial charge in [0.2, 0.25) is 29.5 Å². The van der Waals surface area contributed by atoms with Crippen molar-refractivity contribution in [1.82, 2.24) is 26.2 Å². The fourth-order valence-electron chi connectivity index (χ4n) is 5.02. The third-order valence-corrected chi connectivity index (χ3v) is 7.40. The average molecular weight is 628 g/mol. The third kappa shape index (κ3) is 10.6. The van der Waals surface area contributed by atoms with E-state index < -0.39 is 72.3 Å². The molecule has 5 amide bonds. The molecule has 0 spiro atoms. The van der Waals surface area contributed by atoms with Gasteiger partial charge in [-0.15, -0.1) is 0 Å². The summed E-state index contributed by atoms with van der Waals surface area (Å²) in [5.41, 5.74) is 17.4. The molecule has 16 heteroatoms. The number of rotatable bonds is 7. The van der Waals surface area contributed by atoms with E-state index in [0.717, 1.165) is 0 Å². The summed E-state index contributed by atoms with van der Waals surface area (Å²) >= 11 is 0. The van der Waals surface area contributed by atoms with Crippen molar-refractivity contribution in [2.75, 3.05) is 19.6 Å². The van der Waals surface area contributed by atoms with Crippen LogP contribution in [0.15, 0.2) is 47.5 Å². The Kier molecular flexibility index (Phi) is 12.8. The molecule has 0 saturated carbocycles. The number of benzene rings is 1. The highest BCUT2D eigenvalue weighted by atomic mass is 16.4. The van der Waals surface area contributed by atoms with Crippen molar-refractivity contribution in [2.45, 2.75) is 68.7 Å². The number of hydrogen-bond donors (Lipinski definition) is 8. The quantitative estimate of drug-likeness (QED) is 0.0667. The van der Waals surface area contributed by atoms with E-state index in [1.54, 1.807) is 30.3 Å². The van der Waals surface area contributed by atoms with Crippen molar-refractivity contribution < 1.29 is 33.9 Å². The highest BCUT2D eigenvalue weighted by Crippen LogP contribution is 2.18. The van der Waals surface area contributed by atoms with Crippen LogP contribution in [0.3, 0.4) is 0 Å². The first-order chi connectivity index (χ1) is 21.5. The third-order valence-electron chi connectivity index (χ3n) is 7.40. The fourth-order valence-corrected chi connectivity index (χ4v) is 5.02. The second-order valence-corrected chi connectivity index (χ2v) is 10.8. The molecule has 11 N–H and O–H groups in total. The molecule has 2 unspecified atom stereocenters. The lowest BCUT2D eigenvalue weighted by molar-refractivity contribution is -0.141. The molecular weight excluding hydrogens is 586 g/mol. The van der Waals surface area contributed by atoms with Crippen LogP contribution >= 0.6 is 0 Å². The molecule has 2 aliphatic heterocycles. The molecular formula is C29H41N9O7. The first-order valence-electron chi connectivity index (χ1n) is 14.7. The van der Waals surface area contributed by atoms with Crippen LogP contribution in [0.2, 0.25) is 0 Å². The molecule has 3 rings (SSSR count). The Bertz CT molecular complexity index is 1300. The van der Waals surface area contributed by atoms with Gasteiger partial charge in [-0.1, -0.05) is 42.5 Å². The van der Waals surface area contributed by atoms with Crippen LogP contribution in [0.4, 0.5) is 0 Å². The Balaban J connectivity index is 1.95. The maximum Gasteiger partial charge on any atom is 0.330 e. The summed E-state index contributed by atoms with van der Waals surface area (Å²) in [7, 11) is 0. The fraction of sp³-hybridized carbons (Fsp3) is 0.483. The predicted octanol–water partition coefficient (Wildman–Crippen LogP) is -2.78. The zero-order chi connectivity index (χ0) is 32.9. The van der Waals surface area contributed by atoms with E-state index in [-0.39, 0.29) is 44.7 Å². The van der Waals surface area contributed by atoms with Gasteiger partial charge in [0.05, 0.1) is 12.6 Å². The molecule has 244 valence electrons. The minimum atomic E-state index is -1.51. The zero-order valence-corrected chi connectivity index (χ0v) is 24.8. The van der Waals surface area contributed by atoms with Gasteiger partial charge in [0.25, 0.3) is 0 Å². The number of amides is 5. The number of aliphatic imine (C=N–C) groups is 1. The van der Waals surface area contributed by atoms with Crippen LogP contribution in [-0.4, -0.2) is 101 Å². The summed E-state index contributed by atoms with van der Waals surface area (Å²) in [6, 6.07) is 2.90. The number of carboxylic acid groups (broad SMARTS) is 1. The van der Waals surface area contributed by atoms with E-state index in [2.05, 4.69) is 26.3 Å². The highest BCUT2D eigenvalue weighted by Gasteiger charge is 2.37. The first-order valence-corrected chi connectivity index (χ1v) is 14.7. The lowest BCUT2D eigenvalue weighted by Crippen LogP contribution is -2.58. The predicted molar refractivity (Wildman–Crippen MR) is 163 cm³/mol. The number of carbonyl (C=O) groups excluding carboxylic acids is 5. The number of hydrogen-bond acceptors (Lipinski definition) is 8. The SMILES string of the molecule is NC(N)=NCCC[C@@H]1NC(=O)[C@@H]2CCCN2C(=O)CNC(=O)C(N)C/C=C\C(C(=O)O)NC(=O)[C@H](Cc2ccccc2)NC1=O. The standard InChI is InChI=1S/C29H41N9O7/c30-18-9-4-10-20(28(44)45)36-26(42)21(15-17-7-2-1-3-8-17)37-25(41)19(11-5-13-33-29(31)32)35-27(43)22-12-6-14-38(22)23(39)16-34-24(18)40/h1-4,7-8,10,18-22H,5-6,9,11-16,30H2,(H,34,40)(H,35,43)(H,36,42)(H,37,41)(H,44,45)(H4,31,32,33)/b10-4-/t18?,19-,20?,21-,22-/m0/s1. The average Bonchev–Trinajstić information content (AvgIpc) is 3.50. The summed E-state index contributed by atoms with van der Waals surface area (Å²) in [4.78, 5) is 83.2. The van der Waals surface area contributed by atoms with Gasteiger partial charge >= 0.3 is 5.97 Å². The van der Waals surface area contributed by atoms with Crippen molar-refractivity contribution in [3.8, 4) is 0 Å². The van der Waals surface area contributed by atoms with E-state index in [1.807, 2.05) is 0 Å². The lowest BCUT2D eigenvalue weighted by atomic mass is 10.0. The Morgan fingerprint density at radius 2 is 1.64 bits per heavy atom. The number of fused-ring (bicyclic) bond motifs is 1. The van der Waals surface area contributed by atoms with Gasteiger partial charge in [0.15, 0.2) is 5.96 Å². The second kappa shape index (κ2) is 16.7. The van der Waals surface area contributed by atoms with Gasteiger partial charge in [0.1, 0.15) is 24.2 Å². The van der Waals surface area contributed by atoms with Gasteiger partial charge in [-0.25, -0.2) is 4.79 Å². The van der Waals surface area contributed by atoms with Crippen molar-refractivity contribution in [3.63, 3.8) is 0 Å². The molecule has 1 saturated heterocycles. The Morgan fingerprint density at radius 1 is 0.956 bits per heavy atom. The summed E-state index contributed by atoms with van der Waals surface area (Å²) in [6.45, 7) is 0.0364. The highest BCUT2D eigenvalue weighted by molar-refractivity contribution is 5.96. The number of carbonyl (C=O) groups is 6. The Morgan fingerprint density at radius 3 is 2.33 bits per heavy atom. The Hall–Kier alpha value is -4.99. The summed E-state index contributed by atoms with van der Waals surface area (Å²) in [5, 5.41) is 20.0.